The summed E-state index contributed by atoms with van der Waals surface area (Å²) in [5.41, 5.74) is 6.29. The highest BCUT2D eigenvalue weighted by Crippen LogP contribution is 2.44. The van der Waals surface area contributed by atoms with Crippen molar-refractivity contribution in [2.75, 3.05) is 11.4 Å². The van der Waals surface area contributed by atoms with E-state index in [0.717, 1.165) is 5.56 Å². The number of aryl methyl sites for hydroxylation is 1. The molecular formula is C19H14Cl3N5O2. The van der Waals surface area contributed by atoms with Crippen molar-refractivity contribution in [3.05, 3.63) is 69.2 Å². The number of hydrogen-bond acceptors (Lipinski definition) is 6. The number of nitrogens with two attached hydrogens (primary N) is 1. The lowest BCUT2D eigenvalue weighted by molar-refractivity contribution is -0.134. The number of amides is 1. The van der Waals surface area contributed by atoms with Crippen molar-refractivity contribution in [2.45, 2.75) is 12.5 Å². The quantitative estimate of drug-likeness (QED) is 0.647. The minimum atomic E-state index is -1.54. The minimum absolute atomic E-state index is 0.0184. The number of halogens is 3. The molecule has 0 aliphatic carbocycles. The van der Waals surface area contributed by atoms with Crippen molar-refractivity contribution in [2.24, 2.45) is 5.73 Å². The molecule has 1 aliphatic heterocycles. The van der Waals surface area contributed by atoms with E-state index in [9.17, 15) is 4.79 Å². The first-order chi connectivity index (χ1) is 13.8. The van der Waals surface area contributed by atoms with Gasteiger partial charge < -0.3 is 15.4 Å². The number of anilines is 2. The number of carbonyl (C=O) groups is 1. The maximum atomic E-state index is 12.7. The second-order valence-electron chi connectivity index (χ2n) is 6.48. The number of benzene rings is 2. The highest BCUT2D eigenvalue weighted by Gasteiger charge is 2.48. The first-order valence-electron chi connectivity index (χ1n) is 8.49. The Labute approximate surface area is 181 Å². The highest BCUT2D eigenvalue weighted by atomic mass is 35.5. The van der Waals surface area contributed by atoms with Crippen molar-refractivity contribution in [1.82, 2.24) is 15.0 Å². The molecule has 2 heterocycles. The third-order valence-corrected chi connectivity index (χ3v) is 5.41. The van der Waals surface area contributed by atoms with Crippen LogP contribution in [-0.2, 0) is 10.4 Å². The topological polar surface area (TPSA) is 94.2 Å². The van der Waals surface area contributed by atoms with Gasteiger partial charge in [0, 0.05) is 10.6 Å². The smallest absolute Gasteiger partial charge is 0.268 e. The van der Waals surface area contributed by atoms with Crippen molar-refractivity contribution >= 4 is 52.3 Å². The van der Waals surface area contributed by atoms with Gasteiger partial charge >= 0.3 is 0 Å². The lowest BCUT2D eigenvalue weighted by Gasteiger charge is -2.42. The van der Waals surface area contributed by atoms with Crippen LogP contribution in [0.15, 0.2) is 42.5 Å². The molecule has 1 aromatic heterocycles. The van der Waals surface area contributed by atoms with Crippen LogP contribution in [0.4, 0.5) is 11.6 Å². The van der Waals surface area contributed by atoms with E-state index in [1.807, 2.05) is 13.0 Å². The van der Waals surface area contributed by atoms with Gasteiger partial charge in [-0.25, -0.2) is 0 Å². The fourth-order valence-electron chi connectivity index (χ4n) is 3.17. The molecular weight excluding hydrogens is 437 g/mol. The van der Waals surface area contributed by atoms with Crippen LogP contribution in [0.3, 0.4) is 0 Å². The summed E-state index contributed by atoms with van der Waals surface area (Å²) in [4.78, 5) is 26.5. The van der Waals surface area contributed by atoms with Gasteiger partial charge in [0.2, 0.25) is 22.1 Å². The van der Waals surface area contributed by atoms with Crippen LogP contribution in [0.1, 0.15) is 11.1 Å². The van der Waals surface area contributed by atoms with Gasteiger partial charge in [-0.1, -0.05) is 35.9 Å². The van der Waals surface area contributed by atoms with Gasteiger partial charge in [-0.2, -0.15) is 15.0 Å². The minimum Gasteiger partial charge on any atom is -0.469 e. The number of hydrogen-bond donors (Lipinski definition) is 1. The summed E-state index contributed by atoms with van der Waals surface area (Å²) in [6, 6.07) is 12.3. The molecule has 2 aromatic carbocycles. The molecule has 3 aromatic rings. The Morgan fingerprint density at radius 2 is 1.79 bits per heavy atom. The van der Waals surface area contributed by atoms with Gasteiger partial charge in [0.15, 0.2) is 0 Å². The maximum Gasteiger partial charge on any atom is 0.268 e. The average molecular weight is 451 g/mol. The van der Waals surface area contributed by atoms with E-state index in [1.54, 1.807) is 41.3 Å². The van der Waals surface area contributed by atoms with Gasteiger partial charge in [-0.15, -0.1) is 0 Å². The third kappa shape index (κ3) is 3.46. The SMILES string of the molecule is Cc1ccc(C2(C(N)=O)CN(c3nc(Cl)nc(Cl)n3)c3ccccc3O2)cc1Cl. The molecule has 4 rings (SSSR count). The second kappa shape index (κ2) is 7.33. The summed E-state index contributed by atoms with van der Waals surface area (Å²) >= 11 is 18.2. The molecule has 148 valence electrons. The predicted molar refractivity (Wildman–Crippen MR) is 111 cm³/mol. The Hall–Kier alpha value is -2.61. The van der Waals surface area contributed by atoms with Gasteiger partial charge in [0.1, 0.15) is 5.75 Å². The fraction of sp³-hybridized carbons (Fsp3) is 0.158. The molecule has 0 saturated carbocycles. The Balaban J connectivity index is 1.93. The van der Waals surface area contributed by atoms with E-state index in [0.29, 0.717) is 22.0 Å². The number of aromatic nitrogens is 3. The molecule has 0 radical (unpaired) electrons. The van der Waals surface area contributed by atoms with Crippen LogP contribution in [-0.4, -0.2) is 27.4 Å². The summed E-state index contributed by atoms with van der Waals surface area (Å²) in [5.74, 6) is -0.111. The summed E-state index contributed by atoms with van der Waals surface area (Å²) in [5, 5.41) is 0.336. The summed E-state index contributed by atoms with van der Waals surface area (Å²) in [7, 11) is 0. The number of primary amides is 1. The zero-order valence-electron chi connectivity index (χ0n) is 15.1. The summed E-state index contributed by atoms with van der Waals surface area (Å²) < 4.78 is 6.16. The fourth-order valence-corrected chi connectivity index (χ4v) is 3.71. The number of rotatable bonds is 3. The lowest BCUT2D eigenvalue weighted by Crippen LogP contribution is -2.55. The Kier molecular flexibility index (Phi) is 4.98. The molecule has 29 heavy (non-hydrogen) atoms. The largest absolute Gasteiger partial charge is 0.469 e. The van der Waals surface area contributed by atoms with Gasteiger partial charge in [-0.05, 0) is 53.9 Å². The molecule has 1 amide bonds. The van der Waals surface area contributed by atoms with Crippen LogP contribution >= 0.6 is 34.8 Å². The van der Waals surface area contributed by atoms with Crippen LogP contribution in [0, 0.1) is 6.92 Å². The molecule has 1 atom stereocenters. The number of ether oxygens (including phenoxy) is 1. The van der Waals surface area contributed by atoms with Gasteiger partial charge in [0.05, 0.1) is 12.2 Å². The zero-order valence-corrected chi connectivity index (χ0v) is 17.3. The Morgan fingerprint density at radius 1 is 1.10 bits per heavy atom. The summed E-state index contributed by atoms with van der Waals surface area (Å²) in [6.45, 7) is 1.84. The van der Waals surface area contributed by atoms with Crippen LogP contribution in [0.25, 0.3) is 0 Å². The van der Waals surface area contributed by atoms with Crippen molar-refractivity contribution in [3.8, 4) is 5.75 Å². The molecule has 0 spiro atoms. The van der Waals surface area contributed by atoms with Crippen molar-refractivity contribution in [1.29, 1.82) is 0 Å². The zero-order chi connectivity index (χ0) is 20.8. The average Bonchev–Trinajstić information content (AvgIpc) is 2.68. The molecule has 0 bridgehead atoms. The van der Waals surface area contributed by atoms with E-state index in [-0.39, 0.29) is 23.1 Å². The lowest BCUT2D eigenvalue weighted by atomic mass is 9.89. The van der Waals surface area contributed by atoms with E-state index >= 15 is 0 Å². The van der Waals surface area contributed by atoms with E-state index in [4.69, 9.17) is 45.3 Å². The maximum absolute atomic E-state index is 12.7. The van der Waals surface area contributed by atoms with Crippen LogP contribution in [0.5, 0.6) is 5.75 Å². The van der Waals surface area contributed by atoms with E-state index in [1.165, 1.54) is 0 Å². The second-order valence-corrected chi connectivity index (χ2v) is 7.57. The molecule has 0 saturated heterocycles. The highest BCUT2D eigenvalue weighted by molar-refractivity contribution is 6.31. The van der Waals surface area contributed by atoms with Crippen LogP contribution < -0.4 is 15.4 Å². The van der Waals surface area contributed by atoms with Gasteiger partial charge in [-0.3, -0.25) is 4.79 Å². The number of fused-ring (bicyclic) bond motifs is 1. The van der Waals surface area contributed by atoms with Crippen molar-refractivity contribution in [3.63, 3.8) is 0 Å². The molecule has 7 nitrogen and oxygen atoms in total. The first kappa shape index (κ1) is 19.7. The first-order valence-corrected chi connectivity index (χ1v) is 9.63. The standard InChI is InChI=1S/C19H14Cl3N5O2/c1-10-6-7-11(8-12(10)20)19(15(23)28)9-27(13-4-2-3-5-14(13)29-19)18-25-16(21)24-17(22)26-18/h2-8H,9H2,1H3,(H2,23,28). The molecule has 1 unspecified atom stereocenters. The van der Waals surface area contributed by atoms with E-state index < -0.39 is 11.5 Å². The normalized spacial score (nSPS) is 18.1. The van der Waals surface area contributed by atoms with Crippen molar-refractivity contribution < 1.29 is 9.53 Å². The number of carbonyl (C=O) groups excluding carboxylic acids is 1. The number of nitrogens with zero attached hydrogens (tertiary/aromatic N) is 4. The predicted octanol–water partition coefficient (Wildman–Crippen LogP) is 4.05. The Bertz CT molecular complexity index is 1110. The summed E-state index contributed by atoms with van der Waals surface area (Å²) in [6.07, 6.45) is 0. The third-order valence-electron chi connectivity index (χ3n) is 4.67. The Morgan fingerprint density at radius 3 is 2.45 bits per heavy atom. The molecule has 10 heteroatoms. The molecule has 1 aliphatic rings. The van der Waals surface area contributed by atoms with Crippen LogP contribution in [0.2, 0.25) is 15.6 Å². The number of para-hydroxylation sites is 2. The monoisotopic (exact) mass is 449 g/mol. The van der Waals surface area contributed by atoms with E-state index in [2.05, 4.69) is 15.0 Å². The van der Waals surface area contributed by atoms with Gasteiger partial charge in [0.25, 0.3) is 5.91 Å². The molecule has 0 fully saturated rings. The molecule has 2 N–H and O–H groups in total.